The minimum atomic E-state index is 0.668. The Morgan fingerprint density at radius 3 is 2.79 bits per heavy atom. The number of aromatic nitrogens is 1. The molecule has 0 aliphatic carbocycles. The summed E-state index contributed by atoms with van der Waals surface area (Å²) in [6.45, 7) is 0.668. The van der Waals surface area contributed by atoms with Gasteiger partial charge in [0.15, 0.2) is 0 Å². The molecule has 0 aliphatic rings. The van der Waals surface area contributed by atoms with Crippen LogP contribution >= 0.6 is 38.6 Å². The molecule has 0 aromatic carbocycles. The Morgan fingerprint density at radius 1 is 1.29 bits per heavy atom. The number of halogens is 1. The Balaban J connectivity index is 2.24. The molecule has 2 heterocycles. The lowest BCUT2D eigenvalue weighted by atomic mass is 10.4. The molecular weight excluding hydrogens is 280 g/mol. The van der Waals surface area contributed by atoms with Crippen LogP contribution in [-0.4, -0.2) is 11.5 Å². The van der Waals surface area contributed by atoms with Gasteiger partial charge in [0.25, 0.3) is 0 Å². The van der Waals surface area contributed by atoms with Crippen LogP contribution < -0.4 is 5.73 Å². The topological polar surface area (TPSA) is 38.9 Å². The first-order valence-corrected chi connectivity index (χ1v) is 6.62. The van der Waals surface area contributed by atoms with Crippen molar-refractivity contribution in [2.24, 2.45) is 5.73 Å². The molecule has 2 N–H and O–H groups in total. The third-order valence-electron chi connectivity index (χ3n) is 1.73. The molecule has 2 nitrogen and oxygen atoms in total. The fourth-order valence-corrected chi connectivity index (χ4v) is 3.50. The summed E-state index contributed by atoms with van der Waals surface area (Å²) in [6, 6.07) is 4.16. The lowest BCUT2D eigenvalue weighted by Gasteiger charge is -1.88. The maximum Gasteiger partial charge on any atom is 0.0944 e. The van der Waals surface area contributed by atoms with Gasteiger partial charge in [-0.15, -0.1) is 22.7 Å². The molecular formula is C9H9BrN2S2. The zero-order chi connectivity index (χ0) is 9.97. The fraction of sp³-hybridized carbons (Fsp3) is 0.222. The summed E-state index contributed by atoms with van der Waals surface area (Å²) >= 11 is 6.90. The van der Waals surface area contributed by atoms with E-state index < -0.39 is 0 Å². The summed E-state index contributed by atoms with van der Waals surface area (Å²) < 4.78 is 1.15. The molecule has 2 rings (SSSR count). The molecule has 0 bridgehead atoms. The third kappa shape index (κ3) is 2.23. The summed E-state index contributed by atoms with van der Waals surface area (Å²) in [4.78, 5) is 6.81. The van der Waals surface area contributed by atoms with Crippen LogP contribution in [0.5, 0.6) is 0 Å². The molecule has 0 atom stereocenters. The quantitative estimate of drug-likeness (QED) is 0.942. The highest BCUT2D eigenvalue weighted by Crippen LogP contribution is 2.34. The Labute approximate surface area is 98.9 Å². The second-order valence-corrected chi connectivity index (χ2v) is 6.34. The van der Waals surface area contributed by atoms with Gasteiger partial charge in [0.2, 0.25) is 0 Å². The minimum Gasteiger partial charge on any atom is -0.330 e. The zero-order valence-corrected chi connectivity index (χ0v) is 10.6. The third-order valence-corrected chi connectivity index (χ3v) is 4.60. The van der Waals surface area contributed by atoms with E-state index in [1.807, 2.05) is 6.20 Å². The molecule has 0 fully saturated rings. The highest BCUT2D eigenvalue weighted by Gasteiger charge is 2.05. The molecule has 2 aromatic rings. The van der Waals surface area contributed by atoms with Gasteiger partial charge in [-0.05, 0) is 34.6 Å². The van der Waals surface area contributed by atoms with Crippen LogP contribution in [0.3, 0.4) is 0 Å². The van der Waals surface area contributed by atoms with Crippen LogP contribution in [0.1, 0.15) is 5.01 Å². The number of rotatable bonds is 3. The molecule has 0 unspecified atom stereocenters. The Kier molecular flexibility index (Phi) is 3.33. The van der Waals surface area contributed by atoms with Gasteiger partial charge in [-0.3, -0.25) is 0 Å². The van der Waals surface area contributed by atoms with Crippen LogP contribution in [-0.2, 0) is 6.42 Å². The SMILES string of the molecule is NCCc1ncc(-c2ccc(Br)s2)s1. The van der Waals surface area contributed by atoms with Crippen LogP contribution in [0.2, 0.25) is 0 Å². The van der Waals surface area contributed by atoms with Crippen molar-refractivity contribution in [1.29, 1.82) is 0 Å². The maximum atomic E-state index is 5.47. The van der Waals surface area contributed by atoms with Crippen molar-refractivity contribution in [1.82, 2.24) is 4.98 Å². The van der Waals surface area contributed by atoms with E-state index in [9.17, 15) is 0 Å². The number of hydrogen-bond acceptors (Lipinski definition) is 4. The first-order chi connectivity index (χ1) is 6.79. The number of nitrogens with two attached hydrogens (primary N) is 1. The van der Waals surface area contributed by atoms with Crippen LogP contribution in [0.25, 0.3) is 9.75 Å². The lowest BCUT2D eigenvalue weighted by molar-refractivity contribution is 0.953. The number of hydrogen-bond donors (Lipinski definition) is 1. The Bertz CT molecular complexity index is 422. The molecule has 14 heavy (non-hydrogen) atoms. The van der Waals surface area contributed by atoms with Crippen LogP contribution in [0, 0.1) is 0 Å². The minimum absolute atomic E-state index is 0.668. The highest BCUT2D eigenvalue weighted by atomic mass is 79.9. The second-order valence-electron chi connectivity index (χ2n) is 2.76. The normalized spacial score (nSPS) is 10.7. The Morgan fingerprint density at radius 2 is 2.14 bits per heavy atom. The predicted molar refractivity (Wildman–Crippen MR) is 65.9 cm³/mol. The summed E-state index contributed by atoms with van der Waals surface area (Å²) in [5, 5.41) is 1.12. The van der Waals surface area contributed by atoms with Crippen LogP contribution in [0.4, 0.5) is 0 Å². The van der Waals surface area contributed by atoms with E-state index in [4.69, 9.17) is 5.73 Å². The standard InChI is InChI=1S/C9H9BrN2S2/c10-8-2-1-6(13-8)7-5-12-9(14-7)3-4-11/h1-2,5H,3-4,11H2. The van der Waals surface area contributed by atoms with Crippen molar-refractivity contribution in [2.45, 2.75) is 6.42 Å². The van der Waals surface area contributed by atoms with Crippen molar-refractivity contribution < 1.29 is 0 Å². The molecule has 0 radical (unpaired) electrons. The van der Waals surface area contributed by atoms with Gasteiger partial charge in [0, 0.05) is 17.5 Å². The number of thiophene rings is 1. The zero-order valence-electron chi connectivity index (χ0n) is 7.37. The summed E-state index contributed by atoms with van der Waals surface area (Å²) in [7, 11) is 0. The average Bonchev–Trinajstić information content (AvgIpc) is 2.74. The molecule has 0 spiro atoms. The number of thiazole rings is 1. The van der Waals surface area contributed by atoms with Gasteiger partial charge in [-0.2, -0.15) is 0 Å². The van der Waals surface area contributed by atoms with Gasteiger partial charge in [-0.25, -0.2) is 4.98 Å². The molecule has 0 saturated heterocycles. The van der Waals surface area contributed by atoms with E-state index in [2.05, 4.69) is 33.0 Å². The monoisotopic (exact) mass is 288 g/mol. The molecule has 74 valence electrons. The van der Waals surface area contributed by atoms with Gasteiger partial charge >= 0.3 is 0 Å². The summed E-state index contributed by atoms with van der Waals surface area (Å²) in [6.07, 6.45) is 2.80. The highest BCUT2D eigenvalue weighted by molar-refractivity contribution is 9.11. The molecule has 0 saturated carbocycles. The Hall–Kier alpha value is -0.230. The van der Waals surface area contributed by atoms with Crippen molar-refractivity contribution >= 4 is 38.6 Å². The van der Waals surface area contributed by atoms with Gasteiger partial charge in [-0.1, -0.05) is 0 Å². The lowest BCUT2D eigenvalue weighted by Crippen LogP contribution is -2.01. The van der Waals surface area contributed by atoms with E-state index in [1.54, 1.807) is 22.7 Å². The summed E-state index contributed by atoms with van der Waals surface area (Å²) in [5.41, 5.74) is 5.47. The van der Waals surface area contributed by atoms with E-state index in [0.29, 0.717) is 6.54 Å². The first-order valence-electron chi connectivity index (χ1n) is 4.20. The number of nitrogens with zero attached hydrogens (tertiary/aromatic N) is 1. The molecule has 2 aromatic heterocycles. The molecule has 0 amide bonds. The summed E-state index contributed by atoms with van der Waals surface area (Å²) in [5.74, 6) is 0. The van der Waals surface area contributed by atoms with E-state index >= 15 is 0 Å². The second kappa shape index (κ2) is 4.53. The maximum absolute atomic E-state index is 5.47. The largest absolute Gasteiger partial charge is 0.330 e. The van der Waals surface area contributed by atoms with Crippen LogP contribution in [0.15, 0.2) is 22.1 Å². The van der Waals surface area contributed by atoms with Crippen molar-refractivity contribution in [3.05, 3.63) is 27.1 Å². The predicted octanol–water partition coefficient (Wildman–Crippen LogP) is 3.14. The van der Waals surface area contributed by atoms with Crippen molar-refractivity contribution in [3.63, 3.8) is 0 Å². The van der Waals surface area contributed by atoms with Crippen molar-refractivity contribution in [2.75, 3.05) is 6.54 Å². The van der Waals surface area contributed by atoms with Crippen molar-refractivity contribution in [3.8, 4) is 9.75 Å². The fourth-order valence-electron chi connectivity index (χ4n) is 1.11. The van der Waals surface area contributed by atoms with E-state index in [-0.39, 0.29) is 0 Å². The van der Waals surface area contributed by atoms with E-state index in [1.165, 1.54) is 9.75 Å². The molecule has 0 aliphatic heterocycles. The van der Waals surface area contributed by atoms with Gasteiger partial charge < -0.3 is 5.73 Å². The molecule has 5 heteroatoms. The van der Waals surface area contributed by atoms with E-state index in [0.717, 1.165) is 15.2 Å². The van der Waals surface area contributed by atoms with Gasteiger partial charge in [0.05, 0.1) is 13.7 Å². The average molecular weight is 289 g/mol. The van der Waals surface area contributed by atoms with Gasteiger partial charge in [0.1, 0.15) is 0 Å². The first kappa shape index (κ1) is 10.3. The smallest absolute Gasteiger partial charge is 0.0944 e.